The maximum absolute atomic E-state index is 12.3. The molecular weight excluding hydrogens is 411 g/mol. The van der Waals surface area contributed by atoms with Crippen LogP contribution < -0.4 is 9.64 Å². The number of benzene rings is 2. The normalized spacial score (nSPS) is 11.1. The number of halogens is 4. The number of aromatic nitrogens is 1. The van der Waals surface area contributed by atoms with Gasteiger partial charge in [0.15, 0.2) is 5.13 Å². The van der Waals surface area contributed by atoms with Crippen molar-refractivity contribution in [1.29, 1.82) is 5.26 Å². The third-order valence-electron chi connectivity index (χ3n) is 3.77. The van der Waals surface area contributed by atoms with Crippen molar-refractivity contribution in [2.24, 2.45) is 0 Å². The van der Waals surface area contributed by atoms with E-state index in [-0.39, 0.29) is 5.75 Å². The third-order valence-corrected chi connectivity index (χ3v) is 5.24. The maximum Gasteiger partial charge on any atom is 0.573 e. The first-order valence-corrected chi connectivity index (χ1v) is 9.20. The van der Waals surface area contributed by atoms with Gasteiger partial charge < -0.3 is 9.64 Å². The van der Waals surface area contributed by atoms with E-state index in [9.17, 15) is 13.2 Å². The Morgan fingerprint density at radius 3 is 2.29 bits per heavy atom. The summed E-state index contributed by atoms with van der Waals surface area (Å²) in [6, 6.07) is 14.6. The Labute approximate surface area is 168 Å². The van der Waals surface area contributed by atoms with Gasteiger partial charge in [-0.1, -0.05) is 35.1 Å². The minimum Gasteiger partial charge on any atom is -0.406 e. The number of anilines is 2. The Balaban J connectivity index is 1.89. The van der Waals surface area contributed by atoms with E-state index < -0.39 is 6.36 Å². The van der Waals surface area contributed by atoms with Gasteiger partial charge in [0.25, 0.3) is 0 Å². The largest absolute Gasteiger partial charge is 0.573 e. The molecule has 0 aliphatic carbocycles. The first-order chi connectivity index (χ1) is 13.2. The molecule has 2 aromatic carbocycles. The van der Waals surface area contributed by atoms with Crippen LogP contribution in [0, 0.1) is 18.3 Å². The molecule has 144 valence electrons. The summed E-state index contributed by atoms with van der Waals surface area (Å²) in [5.74, 6) is -0.283. The number of ether oxygens (including phenoxy) is 1. The molecule has 0 unspecified atom stereocenters. The minimum absolute atomic E-state index is 0.283. The van der Waals surface area contributed by atoms with E-state index in [0.717, 1.165) is 11.3 Å². The molecule has 0 spiro atoms. The van der Waals surface area contributed by atoms with Crippen molar-refractivity contribution < 1.29 is 17.9 Å². The highest BCUT2D eigenvalue weighted by molar-refractivity contribution is 7.19. The zero-order chi connectivity index (χ0) is 20.3. The lowest BCUT2D eigenvalue weighted by Gasteiger charge is -2.22. The molecule has 4 nitrogen and oxygen atoms in total. The van der Waals surface area contributed by atoms with Crippen LogP contribution in [0.5, 0.6) is 5.75 Å². The van der Waals surface area contributed by atoms with Crippen LogP contribution in [-0.2, 0) is 6.54 Å². The van der Waals surface area contributed by atoms with Gasteiger partial charge in [0, 0.05) is 5.69 Å². The first kappa shape index (κ1) is 20.0. The van der Waals surface area contributed by atoms with Gasteiger partial charge in [-0.25, -0.2) is 4.98 Å². The molecule has 3 aromatic rings. The highest BCUT2D eigenvalue weighted by Gasteiger charge is 2.31. The Hall–Kier alpha value is -2.76. The number of nitriles is 1. The van der Waals surface area contributed by atoms with Gasteiger partial charge in [-0.3, -0.25) is 0 Å². The van der Waals surface area contributed by atoms with E-state index in [4.69, 9.17) is 16.9 Å². The summed E-state index contributed by atoms with van der Waals surface area (Å²) in [7, 11) is 0. The first-order valence-electron chi connectivity index (χ1n) is 8.00. The van der Waals surface area contributed by atoms with E-state index >= 15 is 0 Å². The number of aryl methyl sites for hydroxylation is 1. The lowest BCUT2D eigenvalue weighted by Crippen LogP contribution is -2.18. The van der Waals surface area contributed by atoms with Crippen LogP contribution in [0.15, 0.2) is 48.5 Å². The molecule has 0 N–H and O–H groups in total. The quantitative estimate of drug-likeness (QED) is 0.489. The van der Waals surface area contributed by atoms with Crippen molar-refractivity contribution in [3.63, 3.8) is 0 Å². The van der Waals surface area contributed by atoms with Gasteiger partial charge in [0.1, 0.15) is 10.1 Å². The molecule has 0 radical (unpaired) electrons. The van der Waals surface area contributed by atoms with E-state index in [1.807, 2.05) is 4.90 Å². The lowest BCUT2D eigenvalue weighted by atomic mass is 10.1. The van der Waals surface area contributed by atoms with Crippen LogP contribution in [0.25, 0.3) is 0 Å². The number of thiazole rings is 1. The van der Waals surface area contributed by atoms with Crippen molar-refractivity contribution in [2.45, 2.75) is 19.8 Å². The summed E-state index contributed by atoms with van der Waals surface area (Å²) in [5, 5.41) is 9.62. The molecule has 0 saturated carbocycles. The summed E-state index contributed by atoms with van der Waals surface area (Å²) in [6.45, 7) is 2.14. The molecule has 0 aliphatic heterocycles. The number of hydrogen-bond acceptors (Lipinski definition) is 5. The zero-order valence-electron chi connectivity index (χ0n) is 14.5. The molecule has 0 aliphatic rings. The number of hydrogen-bond donors (Lipinski definition) is 0. The van der Waals surface area contributed by atoms with E-state index in [1.54, 1.807) is 43.3 Å². The fourth-order valence-electron chi connectivity index (χ4n) is 2.44. The number of alkyl halides is 3. The van der Waals surface area contributed by atoms with Crippen molar-refractivity contribution in [2.75, 3.05) is 4.90 Å². The fraction of sp³-hybridized carbons (Fsp3) is 0.158. The average molecular weight is 424 g/mol. The topological polar surface area (TPSA) is 49.2 Å². The molecule has 0 fully saturated rings. The van der Waals surface area contributed by atoms with Gasteiger partial charge >= 0.3 is 6.36 Å². The van der Waals surface area contributed by atoms with Crippen LogP contribution in [0.3, 0.4) is 0 Å². The highest BCUT2D eigenvalue weighted by Crippen LogP contribution is 2.35. The smallest absolute Gasteiger partial charge is 0.406 e. The van der Waals surface area contributed by atoms with Crippen molar-refractivity contribution in [3.8, 4) is 11.8 Å². The molecule has 0 amide bonds. The van der Waals surface area contributed by atoms with Crippen LogP contribution in [0.2, 0.25) is 4.34 Å². The van der Waals surface area contributed by atoms with Crippen molar-refractivity contribution in [3.05, 3.63) is 69.7 Å². The Morgan fingerprint density at radius 1 is 1.14 bits per heavy atom. The van der Waals surface area contributed by atoms with Crippen molar-refractivity contribution >= 4 is 33.8 Å². The Morgan fingerprint density at radius 2 is 1.79 bits per heavy atom. The van der Waals surface area contributed by atoms with Crippen LogP contribution >= 0.6 is 22.9 Å². The van der Waals surface area contributed by atoms with Gasteiger partial charge in [-0.05, 0) is 48.9 Å². The van der Waals surface area contributed by atoms with Crippen molar-refractivity contribution in [1.82, 2.24) is 4.98 Å². The van der Waals surface area contributed by atoms with Gasteiger partial charge in [0.05, 0.1) is 23.9 Å². The highest BCUT2D eigenvalue weighted by atomic mass is 35.5. The summed E-state index contributed by atoms with van der Waals surface area (Å²) in [4.78, 5) is 6.35. The van der Waals surface area contributed by atoms with Gasteiger partial charge in [-0.15, -0.1) is 13.2 Å². The zero-order valence-corrected chi connectivity index (χ0v) is 16.1. The molecule has 9 heteroatoms. The minimum atomic E-state index is -4.73. The molecule has 0 saturated heterocycles. The number of nitrogens with zero attached hydrogens (tertiary/aromatic N) is 3. The monoisotopic (exact) mass is 423 g/mol. The molecular formula is C19H13ClF3N3OS. The average Bonchev–Trinajstić information content (AvgIpc) is 2.98. The second-order valence-corrected chi connectivity index (χ2v) is 7.37. The molecule has 1 aromatic heterocycles. The fourth-order valence-corrected chi connectivity index (χ4v) is 3.51. The summed E-state index contributed by atoms with van der Waals surface area (Å²) >= 11 is 7.46. The molecule has 28 heavy (non-hydrogen) atoms. The lowest BCUT2D eigenvalue weighted by molar-refractivity contribution is -0.274. The SMILES string of the molecule is Cc1nc(N(Cc2ccc(OC(F)(F)F)cc2)c2ccc(C#N)cc2)sc1Cl. The number of rotatable bonds is 5. The second-order valence-electron chi connectivity index (χ2n) is 5.79. The van der Waals surface area contributed by atoms with Gasteiger partial charge in [0.2, 0.25) is 0 Å². The van der Waals surface area contributed by atoms with Crippen LogP contribution in [0.1, 0.15) is 16.8 Å². The molecule has 3 rings (SSSR count). The van der Waals surface area contributed by atoms with Gasteiger partial charge in [-0.2, -0.15) is 5.26 Å². The van der Waals surface area contributed by atoms with E-state index in [0.29, 0.717) is 27.3 Å². The molecule has 1 heterocycles. The summed E-state index contributed by atoms with van der Waals surface area (Å²) < 4.78 is 41.4. The van der Waals surface area contributed by atoms with Crippen LogP contribution in [0.4, 0.5) is 24.0 Å². The maximum atomic E-state index is 12.3. The predicted octanol–water partition coefficient (Wildman–Crippen LogP) is 6.21. The summed E-state index contributed by atoms with van der Waals surface area (Å²) in [6.07, 6.45) is -4.73. The summed E-state index contributed by atoms with van der Waals surface area (Å²) in [5.41, 5.74) is 2.74. The Kier molecular flexibility index (Phi) is 5.77. The van der Waals surface area contributed by atoms with E-state index in [2.05, 4.69) is 15.8 Å². The molecule has 0 bridgehead atoms. The second kappa shape index (κ2) is 8.09. The van der Waals surface area contributed by atoms with E-state index in [1.165, 1.54) is 23.5 Å². The predicted molar refractivity (Wildman–Crippen MR) is 102 cm³/mol. The Bertz CT molecular complexity index is 976. The standard InChI is InChI=1S/C19H13ClF3N3OS/c1-12-17(20)28-18(25-12)26(15-6-2-13(10-24)3-7-15)11-14-4-8-16(9-5-14)27-19(21,22)23/h2-9H,11H2,1H3. The molecule has 0 atom stereocenters. The van der Waals surface area contributed by atoms with Crippen LogP contribution in [-0.4, -0.2) is 11.3 Å². The third kappa shape index (κ3) is 4.94.